The van der Waals surface area contributed by atoms with Crippen molar-refractivity contribution in [3.63, 3.8) is 0 Å². The second kappa shape index (κ2) is 4.15. The third kappa shape index (κ3) is 1.60. The van der Waals surface area contributed by atoms with E-state index in [1.54, 1.807) is 0 Å². The average Bonchev–Trinajstić information content (AvgIpc) is 2.41. The number of aliphatic hydroxyl groups is 2. The Labute approximate surface area is 70.9 Å². The number of hydrogen-bond acceptors (Lipinski definition) is 5. The van der Waals surface area contributed by atoms with Crippen molar-refractivity contribution in [1.29, 1.82) is 0 Å². The van der Waals surface area contributed by atoms with Crippen LogP contribution in [0.4, 0.5) is 0 Å². The van der Waals surface area contributed by atoms with Gasteiger partial charge in [-0.25, -0.2) is 0 Å². The fourth-order valence-electron chi connectivity index (χ4n) is 1.29. The summed E-state index contributed by atoms with van der Waals surface area (Å²) in [7, 11) is 2.92. The molecule has 4 atom stereocenters. The maximum Gasteiger partial charge on any atom is 0.186 e. The van der Waals surface area contributed by atoms with Gasteiger partial charge in [0.15, 0.2) is 6.29 Å². The van der Waals surface area contributed by atoms with E-state index in [0.717, 1.165) is 0 Å². The van der Waals surface area contributed by atoms with Gasteiger partial charge in [-0.15, -0.1) is 0 Å². The minimum Gasteiger partial charge on any atom is -0.394 e. The fraction of sp³-hybridized carbons (Fsp3) is 1.00. The largest absolute Gasteiger partial charge is 0.394 e. The molecule has 72 valence electrons. The van der Waals surface area contributed by atoms with Gasteiger partial charge in [-0.05, 0) is 0 Å². The van der Waals surface area contributed by atoms with Crippen LogP contribution in [0.5, 0.6) is 0 Å². The summed E-state index contributed by atoms with van der Waals surface area (Å²) in [5.41, 5.74) is 0. The summed E-state index contributed by atoms with van der Waals surface area (Å²) >= 11 is 0. The lowest BCUT2D eigenvalue weighted by Crippen LogP contribution is -2.35. The lowest BCUT2D eigenvalue weighted by Gasteiger charge is -2.16. The van der Waals surface area contributed by atoms with Gasteiger partial charge >= 0.3 is 0 Å². The van der Waals surface area contributed by atoms with Crippen LogP contribution in [0.2, 0.25) is 0 Å². The lowest BCUT2D eigenvalue weighted by molar-refractivity contribution is -0.159. The molecular weight excluding hydrogens is 164 g/mol. The van der Waals surface area contributed by atoms with E-state index in [0.29, 0.717) is 0 Å². The minimum atomic E-state index is -0.829. The van der Waals surface area contributed by atoms with Crippen molar-refractivity contribution in [1.82, 2.24) is 0 Å². The molecule has 0 amide bonds. The van der Waals surface area contributed by atoms with Crippen molar-refractivity contribution in [2.45, 2.75) is 24.6 Å². The third-order valence-corrected chi connectivity index (χ3v) is 1.98. The normalized spacial score (nSPS) is 42.0. The topological polar surface area (TPSA) is 68.2 Å². The monoisotopic (exact) mass is 178 g/mol. The number of aliphatic hydroxyl groups excluding tert-OH is 2. The Morgan fingerprint density at radius 3 is 2.33 bits per heavy atom. The quantitative estimate of drug-likeness (QED) is 0.563. The van der Waals surface area contributed by atoms with Crippen LogP contribution in [0.3, 0.4) is 0 Å². The van der Waals surface area contributed by atoms with Gasteiger partial charge in [-0.3, -0.25) is 0 Å². The smallest absolute Gasteiger partial charge is 0.186 e. The van der Waals surface area contributed by atoms with Gasteiger partial charge in [-0.1, -0.05) is 0 Å². The van der Waals surface area contributed by atoms with Crippen LogP contribution in [0.25, 0.3) is 0 Å². The molecular formula is C7H14O5. The van der Waals surface area contributed by atoms with Gasteiger partial charge in [0.05, 0.1) is 6.61 Å². The highest BCUT2D eigenvalue weighted by Crippen LogP contribution is 2.23. The van der Waals surface area contributed by atoms with Gasteiger partial charge in [0.1, 0.15) is 18.3 Å². The van der Waals surface area contributed by atoms with E-state index in [1.807, 2.05) is 0 Å². The molecule has 0 saturated carbocycles. The van der Waals surface area contributed by atoms with Crippen LogP contribution >= 0.6 is 0 Å². The Hall–Kier alpha value is -0.200. The van der Waals surface area contributed by atoms with E-state index in [-0.39, 0.29) is 6.61 Å². The average molecular weight is 178 g/mol. The summed E-state index contributed by atoms with van der Waals surface area (Å²) in [4.78, 5) is 0. The highest BCUT2D eigenvalue weighted by atomic mass is 16.7. The van der Waals surface area contributed by atoms with Crippen molar-refractivity contribution < 1.29 is 24.4 Å². The molecule has 5 heteroatoms. The van der Waals surface area contributed by atoms with Crippen molar-refractivity contribution in [2.24, 2.45) is 0 Å². The minimum absolute atomic E-state index is 0.235. The highest BCUT2D eigenvalue weighted by Gasteiger charge is 2.43. The second-order valence-electron chi connectivity index (χ2n) is 2.65. The Kier molecular flexibility index (Phi) is 3.42. The Bertz CT molecular complexity index is 138. The molecule has 0 aromatic rings. The molecule has 0 aromatic heterocycles. The third-order valence-electron chi connectivity index (χ3n) is 1.98. The zero-order valence-electron chi connectivity index (χ0n) is 7.14. The van der Waals surface area contributed by atoms with Crippen molar-refractivity contribution in [3.8, 4) is 0 Å². The molecule has 5 nitrogen and oxygen atoms in total. The van der Waals surface area contributed by atoms with E-state index >= 15 is 0 Å². The zero-order chi connectivity index (χ0) is 9.14. The highest BCUT2D eigenvalue weighted by molar-refractivity contribution is 4.87. The Morgan fingerprint density at radius 2 is 2.00 bits per heavy atom. The van der Waals surface area contributed by atoms with Gasteiger partial charge in [0, 0.05) is 14.2 Å². The van der Waals surface area contributed by atoms with Crippen molar-refractivity contribution in [3.05, 3.63) is 0 Å². The summed E-state index contributed by atoms with van der Waals surface area (Å²) < 4.78 is 15.0. The molecule has 0 spiro atoms. The molecule has 12 heavy (non-hydrogen) atoms. The summed E-state index contributed by atoms with van der Waals surface area (Å²) in [6, 6.07) is 0. The number of methoxy groups -OCH3 is 2. The summed E-state index contributed by atoms with van der Waals surface area (Å²) in [5.74, 6) is 0. The summed E-state index contributed by atoms with van der Waals surface area (Å²) in [6.45, 7) is -0.235. The first-order valence-corrected chi connectivity index (χ1v) is 3.74. The molecule has 1 unspecified atom stereocenters. The molecule has 0 radical (unpaired) electrons. The van der Waals surface area contributed by atoms with E-state index in [4.69, 9.17) is 19.3 Å². The predicted octanol–water partition coefficient (Wildman–Crippen LogP) is -1.27. The predicted molar refractivity (Wildman–Crippen MR) is 39.6 cm³/mol. The first-order chi connectivity index (χ1) is 5.74. The Balaban J connectivity index is 2.58. The number of hydrogen-bond donors (Lipinski definition) is 2. The molecule has 0 bridgehead atoms. The molecule has 0 aromatic carbocycles. The van der Waals surface area contributed by atoms with Crippen LogP contribution in [-0.2, 0) is 14.2 Å². The number of ether oxygens (including phenoxy) is 3. The molecule has 1 heterocycles. The standard InChI is InChI=1S/C7H14O5/c1-10-6-5(9)4(3-8)12-7(6)11-2/h4-9H,3H2,1-2H3/t4-,5?,6+,7+/m1/s1. The maximum absolute atomic E-state index is 9.46. The first kappa shape index (κ1) is 9.88. The Morgan fingerprint density at radius 1 is 1.33 bits per heavy atom. The van der Waals surface area contributed by atoms with E-state index < -0.39 is 24.6 Å². The first-order valence-electron chi connectivity index (χ1n) is 3.74. The second-order valence-corrected chi connectivity index (χ2v) is 2.65. The van der Waals surface area contributed by atoms with Gasteiger partial charge < -0.3 is 24.4 Å². The van der Waals surface area contributed by atoms with Gasteiger partial charge in [0.2, 0.25) is 0 Å². The van der Waals surface area contributed by atoms with Crippen LogP contribution < -0.4 is 0 Å². The van der Waals surface area contributed by atoms with E-state index in [9.17, 15) is 5.11 Å². The van der Waals surface area contributed by atoms with E-state index in [1.165, 1.54) is 14.2 Å². The van der Waals surface area contributed by atoms with Crippen LogP contribution in [0.1, 0.15) is 0 Å². The van der Waals surface area contributed by atoms with Crippen molar-refractivity contribution >= 4 is 0 Å². The SMILES string of the molecule is CO[C@H]1O[C@H](CO)C(O)[C@@H]1OC. The molecule has 1 rings (SSSR count). The van der Waals surface area contributed by atoms with Crippen molar-refractivity contribution in [2.75, 3.05) is 20.8 Å². The summed E-state index contributed by atoms with van der Waals surface area (Å²) in [5, 5.41) is 18.2. The van der Waals surface area contributed by atoms with Gasteiger partial charge in [-0.2, -0.15) is 0 Å². The van der Waals surface area contributed by atoms with Gasteiger partial charge in [0.25, 0.3) is 0 Å². The van der Waals surface area contributed by atoms with Crippen LogP contribution in [0, 0.1) is 0 Å². The molecule has 1 aliphatic rings. The number of rotatable bonds is 3. The van der Waals surface area contributed by atoms with Crippen LogP contribution in [0.15, 0.2) is 0 Å². The van der Waals surface area contributed by atoms with E-state index in [2.05, 4.69) is 0 Å². The lowest BCUT2D eigenvalue weighted by atomic mass is 10.1. The van der Waals surface area contributed by atoms with Crippen LogP contribution in [-0.4, -0.2) is 55.6 Å². The maximum atomic E-state index is 9.46. The molecule has 1 fully saturated rings. The molecule has 1 saturated heterocycles. The summed E-state index contributed by atoms with van der Waals surface area (Å²) in [6.07, 6.45) is -2.56. The molecule has 0 aliphatic carbocycles. The molecule has 1 aliphatic heterocycles. The fourth-order valence-corrected chi connectivity index (χ4v) is 1.29. The molecule has 2 N–H and O–H groups in total. The zero-order valence-corrected chi connectivity index (χ0v) is 7.14.